The van der Waals surface area contributed by atoms with Crippen molar-refractivity contribution in [3.63, 3.8) is 0 Å². The van der Waals surface area contributed by atoms with Crippen LogP contribution in [0.2, 0.25) is 0 Å². The smallest absolute Gasteiger partial charge is 0.311 e. The molecule has 0 N–H and O–H groups in total. The first kappa shape index (κ1) is 34.3. The number of carbonyl (C=O) groups is 1. The SMILES string of the molecule is CCCCCCCCCC(=O)Oc1ccc(/C(=C(/C)Cc2cccc(OC)c2)c2ccc(OCCN3CCOCC3)cc2)cc1. The van der Waals surface area contributed by atoms with E-state index in [4.69, 9.17) is 18.9 Å². The molecule has 1 aliphatic rings. The van der Waals surface area contributed by atoms with Gasteiger partial charge in [0.1, 0.15) is 23.9 Å². The van der Waals surface area contributed by atoms with Gasteiger partial charge in [0.2, 0.25) is 0 Å². The molecule has 0 atom stereocenters. The van der Waals surface area contributed by atoms with Gasteiger partial charge in [0.25, 0.3) is 0 Å². The first-order valence-electron chi connectivity index (χ1n) is 16.7. The van der Waals surface area contributed by atoms with E-state index in [1.165, 1.54) is 43.2 Å². The van der Waals surface area contributed by atoms with E-state index in [-0.39, 0.29) is 5.97 Å². The van der Waals surface area contributed by atoms with E-state index in [2.05, 4.69) is 43.0 Å². The lowest BCUT2D eigenvalue weighted by Gasteiger charge is -2.26. The molecule has 0 radical (unpaired) electrons. The average molecular weight is 614 g/mol. The first-order valence-corrected chi connectivity index (χ1v) is 16.7. The highest BCUT2D eigenvalue weighted by atomic mass is 16.5. The van der Waals surface area contributed by atoms with Gasteiger partial charge in [0, 0.05) is 26.1 Å². The summed E-state index contributed by atoms with van der Waals surface area (Å²) in [6.07, 6.45) is 9.47. The Bertz CT molecular complexity index is 1330. The van der Waals surface area contributed by atoms with Crippen molar-refractivity contribution >= 4 is 11.5 Å². The van der Waals surface area contributed by atoms with Crippen molar-refractivity contribution in [3.05, 3.63) is 95.1 Å². The van der Waals surface area contributed by atoms with Crippen molar-refractivity contribution in [3.8, 4) is 17.2 Å². The average Bonchev–Trinajstić information content (AvgIpc) is 3.06. The second-order valence-corrected chi connectivity index (χ2v) is 11.9. The van der Waals surface area contributed by atoms with E-state index in [0.29, 0.717) is 18.8 Å². The van der Waals surface area contributed by atoms with E-state index in [0.717, 1.165) is 80.3 Å². The third-order valence-corrected chi connectivity index (χ3v) is 8.31. The zero-order valence-electron chi connectivity index (χ0n) is 27.5. The molecule has 0 aromatic heterocycles. The molecule has 1 heterocycles. The molecular formula is C39H51NO5. The van der Waals surface area contributed by atoms with Crippen molar-refractivity contribution in [1.29, 1.82) is 0 Å². The summed E-state index contributed by atoms with van der Waals surface area (Å²) in [7, 11) is 1.70. The molecule has 0 amide bonds. The van der Waals surface area contributed by atoms with Crippen molar-refractivity contribution in [2.45, 2.75) is 71.6 Å². The Hall–Kier alpha value is -3.61. The second kappa shape index (κ2) is 19.0. The zero-order chi connectivity index (χ0) is 31.7. The molecule has 3 aromatic carbocycles. The van der Waals surface area contributed by atoms with Gasteiger partial charge in [-0.25, -0.2) is 0 Å². The van der Waals surface area contributed by atoms with Crippen LogP contribution in [0.1, 0.15) is 81.9 Å². The Morgan fingerprint density at radius 2 is 1.44 bits per heavy atom. The number of carbonyl (C=O) groups excluding carboxylic acids is 1. The number of rotatable bonds is 18. The van der Waals surface area contributed by atoms with E-state index in [9.17, 15) is 4.79 Å². The normalized spacial score (nSPS) is 14.1. The molecule has 4 rings (SSSR count). The number of morpholine rings is 1. The van der Waals surface area contributed by atoms with E-state index in [1.54, 1.807) is 7.11 Å². The van der Waals surface area contributed by atoms with Crippen LogP contribution in [0, 0.1) is 0 Å². The predicted molar refractivity (Wildman–Crippen MR) is 182 cm³/mol. The lowest BCUT2D eigenvalue weighted by Crippen LogP contribution is -2.38. The summed E-state index contributed by atoms with van der Waals surface area (Å²) in [6.45, 7) is 9.45. The highest BCUT2D eigenvalue weighted by molar-refractivity contribution is 5.83. The predicted octanol–water partition coefficient (Wildman–Crippen LogP) is 8.52. The molecule has 1 aliphatic heterocycles. The third kappa shape index (κ3) is 11.7. The van der Waals surface area contributed by atoms with Crippen LogP contribution in [0.3, 0.4) is 0 Å². The summed E-state index contributed by atoms with van der Waals surface area (Å²) in [5, 5.41) is 0. The number of allylic oxidation sites excluding steroid dienone is 1. The van der Waals surface area contributed by atoms with E-state index in [1.807, 2.05) is 48.5 Å². The van der Waals surface area contributed by atoms with Gasteiger partial charge in [0.15, 0.2) is 0 Å². The highest BCUT2D eigenvalue weighted by Crippen LogP contribution is 2.32. The van der Waals surface area contributed by atoms with Crippen LogP contribution in [0.4, 0.5) is 0 Å². The molecule has 3 aromatic rings. The molecular weight excluding hydrogens is 562 g/mol. The van der Waals surface area contributed by atoms with Crippen LogP contribution in [0.25, 0.3) is 5.57 Å². The lowest BCUT2D eigenvalue weighted by atomic mass is 9.90. The summed E-state index contributed by atoms with van der Waals surface area (Å²) < 4.78 is 22.7. The first-order chi connectivity index (χ1) is 22.1. The third-order valence-electron chi connectivity index (χ3n) is 8.31. The molecule has 0 aliphatic carbocycles. The van der Waals surface area contributed by atoms with E-state index >= 15 is 0 Å². The molecule has 0 bridgehead atoms. The summed E-state index contributed by atoms with van der Waals surface area (Å²) >= 11 is 0. The Morgan fingerprint density at radius 3 is 2.11 bits per heavy atom. The molecule has 0 spiro atoms. The van der Waals surface area contributed by atoms with Gasteiger partial charge >= 0.3 is 5.97 Å². The van der Waals surface area contributed by atoms with Crippen LogP contribution in [-0.4, -0.2) is 57.4 Å². The Labute approximate surface area is 270 Å². The second-order valence-electron chi connectivity index (χ2n) is 11.9. The van der Waals surface area contributed by atoms with Gasteiger partial charge in [-0.1, -0.05) is 87.4 Å². The quantitative estimate of drug-likeness (QED) is 0.0814. The highest BCUT2D eigenvalue weighted by Gasteiger charge is 2.13. The number of hydrogen-bond acceptors (Lipinski definition) is 6. The Balaban J connectivity index is 1.43. The zero-order valence-corrected chi connectivity index (χ0v) is 27.5. The molecule has 1 fully saturated rings. The van der Waals surface area contributed by atoms with Crippen LogP contribution in [-0.2, 0) is 16.0 Å². The number of esters is 1. The maximum atomic E-state index is 12.5. The van der Waals surface area contributed by atoms with Crippen LogP contribution in [0.5, 0.6) is 17.2 Å². The summed E-state index contributed by atoms with van der Waals surface area (Å²) in [4.78, 5) is 14.9. The number of benzene rings is 3. The van der Waals surface area contributed by atoms with Gasteiger partial charge in [-0.15, -0.1) is 0 Å². The van der Waals surface area contributed by atoms with E-state index < -0.39 is 0 Å². The molecule has 242 valence electrons. The number of methoxy groups -OCH3 is 1. The van der Waals surface area contributed by atoms with Gasteiger partial charge in [0.05, 0.1) is 20.3 Å². The van der Waals surface area contributed by atoms with Gasteiger partial charge in [-0.05, 0) is 78.4 Å². The molecule has 45 heavy (non-hydrogen) atoms. The monoisotopic (exact) mass is 613 g/mol. The number of ether oxygens (including phenoxy) is 4. The minimum Gasteiger partial charge on any atom is -0.497 e. The molecule has 1 saturated heterocycles. The van der Waals surface area contributed by atoms with Gasteiger partial charge in [-0.3, -0.25) is 9.69 Å². The number of nitrogens with zero attached hydrogens (tertiary/aromatic N) is 1. The van der Waals surface area contributed by atoms with Crippen molar-refractivity contribution in [2.24, 2.45) is 0 Å². The van der Waals surface area contributed by atoms with Gasteiger partial charge < -0.3 is 18.9 Å². The number of hydrogen-bond donors (Lipinski definition) is 0. The van der Waals surface area contributed by atoms with Crippen molar-refractivity contribution in [2.75, 3.05) is 46.6 Å². The van der Waals surface area contributed by atoms with Crippen molar-refractivity contribution in [1.82, 2.24) is 4.90 Å². The summed E-state index contributed by atoms with van der Waals surface area (Å²) in [5.41, 5.74) is 5.75. The fraction of sp³-hybridized carbons (Fsp3) is 0.462. The maximum Gasteiger partial charge on any atom is 0.311 e. The van der Waals surface area contributed by atoms with Crippen LogP contribution >= 0.6 is 0 Å². The summed E-state index contributed by atoms with van der Waals surface area (Å²) in [5.74, 6) is 2.13. The Kier molecular flexibility index (Phi) is 14.5. The maximum absolute atomic E-state index is 12.5. The van der Waals surface area contributed by atoms with Crippen LogP contribution < -0.4 is 14.2 Å². The standard InChI is InChI=1S/C39H51NO5/c1-4-5-6-7-8-9-10-14-38(41)45-36-21-17-34(18-22-36)39(31(2)29-32-12-11-13-37(30-32)42-3)33-15-19-35(20-16-33)44-28-25-40-23-26-43-27-24-40/h11-13,15-22,30H,4-10,14,23-29H2,1-3H3/b39-31-. The topological polar surface area (TPSA) is 57.2 Å². The lowest BCUT2D eigenvalue weighted by molar-refractivity contribution is -0.134. The minimum atomic E-state index is -0.162. The number of unbranched alkanes of at least 4 members (excludes halogenated alkanes) is 6. The molecule has 0 unspecified atom stereocenters. The fourth-order valence-electron chi connectivity index (χ4n) is 5.77. The largest absolute Gasteiger partial charge is 0.497 e. The molecule has 6 nitrogen and oxygen atoms in total. The summed E-state index contributed by atoms with van der Waals surface area (Å²) in [6, 6.07) is 24.5. The van der Waals surface area contributed by atoms with Crippen molar-refractivity contribution < 1.29 is 23.7 Å². The molecule has 0 saturated carbocycles. The fourth-order valence-corrected chi connectivity index (χ4v) is 5.77. The minimum absolute atomic E-state index is 0.162. The van der Waals surface area contributed by atoms with Gasteiger partial charge in [-0.2, -0.15) is 0 Å². The van der Waals surface area contributed by atoms with Crippen LogP contribution in [0.15, 0.2) is 78.4 Å². The Morgan fingerprint density at radius 1 is 0.800 bits per heavy atom. The molecule has 6 heteroatoms.